The molecule has 0 saturated heterocycles. The second kappa shape index (κ2) is 9.77. The number of hydrogen-bond donors (Lipinski definition) is 2. The highest BCUT2D eigenvalue weighted by atomic mass is 16.5. The fraction of sp³-hybridized carbons (Fsp3) is 0.185. The second-order valence-corrected chi connectivity index (χ2v) is 9.14. The number of nitrogens with zero attached hydrogens (tertiary/aromatic N) is 6. The van der Waals surface area contributed by atoms with Crippen LogP contribution in [0.5, 0.6) is 11.5 Å². The molecule has 4 aromatic heterocycles. The van der Waals surface area contributed by atoms with Crippen molar-refractivity contribution in [1.82, 2.24) is 29.3 Å². The average molecular weight is 511 g/mol. The van der Waals surface area contributed by atoms with Crippen LogP contribution in [0.25, 0.3) is 33.4 Å². The van der Waals surface area contributed by atoms with Crippen molar-refractivity contribution < 1.29 is 9.53 Å². The van der Waals surface area contributed by atoms with Crippen LogP contribution >= 0.6 is 0 Å². The van der Waals surface area contributed by atoms with Gasteiger partial charge in [0.05, 0.1) is 34.2 Å². The summed E-state index contributed by atoms with van der Waals surface area (Å²) in [5.74, 6) is 0.836. The van der Waals surface area contributed by atoms with Gasteiger partial charge in [0, 0.05) is 55.7 Å². The molecule has 0 spiro atoms. The van der Waals surface area contributed by atoms with Crippen LogP contribution in [-0.4, -0.2) is 41.2 Å². The molecular formula is C27H26N8O3. The summed E-state index contributed by atoms with van der Waals surface area (Å²) in [6.45, 7) is 3.91. The van der Waals surface area contributed by atoms with Gasteiger partial charge in [-0.2, -0.15) is 5.10 Å². The Morgan fingerprint density at radius 1 is 1.03 bits per heavy atom. The van der Waals surface area contributed by atoms with Crippen molar-refractivity contribution in [3.05, 3.63) is 77.1 Å². The Labute approximate surface area is 217 Å². The maximum absolute atomic E-state index is 13.1. The Morgan fingerprint density at radius 2 is 1.82 bits per heavy atom. The molecule has 0 aliphatic heterocycles. The molecule has 1 aromatic carbocycles. The van der Waals surface area contributed by atoms with E-state index in [0.717, 1.165) is 5.56 Å². The van der Waals surface area contributed by atoms with Crippen LogP contribution < -0.4 is 21.3 Å². The fourth-order valence-corrected chi connectivity index (χ4v) is 4.04. The number of aryl methyl sites for hydroxylation is 1. The van der Waals surface area contributed by atoms with Crippen molar-refractivity contribution in [1.29, 1.82) is 0 Å². The van der Waals surface area contributed by atoms with E-state index in [2.05, 4.69) is 25.4 Å². The zero-order valence-electron chi connectivity index (χ0n) is 21.3. The van der Waals surface area contributed by atoms with Crippen LogP contribution in [0.15, 0.2) is 66.0 Å². The monoisotopic (exact) mass is 510 g/mol. The number of nitrogens with two attached hydrogens (primary N) is 1. The van der Waals surface area contributed by atoms with E-state index >= 15 is 0 Å². The molecule has 0 atom stereocenters. The predicted molar refractivity (Wildman–Crippen MR) is 144 cm³/mol. The summed E-state index contributed by atoms with van der Waals surface area (Å²) in [6, 6.07) is 10.3. The van der Waals surface area contributed by atoms with E-state index in [1.165, 1.54) is 16.8 Å². The summed E-state index contributed by atoms with van der Waals surface area (Å²) in [4.78, 5) is 38.9. The number of aromatic nitrogens is 6. The van der Waals surface area contributed by atoms with Gasteiger partial charge in [-0.05, 0) is 44.2 Å². The number of carbonyl (C=O) groups excluding carboxylic acids is 1. The van der Waals surface area contributed by atoms with Gasteiger partial charge in [-0.3, -0.25) is 23.8 Å². The third-order valence-electron chi connectivity index (χ3n) is 5.88. The SMILES string of the molecule is CC(C)Nc1ncc(-c2cc(C(N)=O)c3cc(Oc4ccnc(-c5cnn(C)c5)c4)ccc3n2)c(=O)n1C. The number of carbonyl (C=O) groups is 1. The number of rotatable bonds is 7. The molecule has 0 bridgehead atoms. The number of nitrogens with one attached hydrogen (secondary N) is 1. The van der Waals surface area contributed by atoms with Crippen molar-refractivity contribution in [2.45, 2.75) is 19.9 Å². The van der Waals surface area contributed by atoms with Gasteiger partial charge < -0.3 is 15.8 Å². The molecule has 0 aliphatic carbocycles. The van der Waals surface area contributed by atoms with Crippen LogP contribution in [0.4, 0.5) is 5.95 Å². The number of primary amides is 1. The minimum absolute atomic E-state index is 0.102. The van der Waals surface area contributed by atoms with E-state index in [4.69, 9.17) is 10.5 Å². The molecule has 5 rings (SSSR count). The van der Waals surface area contributed by atoms with Gasteiger partial charge in [0.2, 0.25) is 11.9 Å². The van der Waals surface area contributed by atoms with E-state index in [1.54, 1.807) is 54.5 Å². The molecule has 0 saturated carbocycles. The van der Waals surface area contributed by atoms with Crippen molar-refractivity contribution in [3.63, 3.8) is 0 Å². The molecule has 11 nitrogen and oxygen atoms in total. The van der Waals surface area contributed by atoms with Crippen LogP contribution in [0.1, 0.15) is 24.2 Å². The molecule has 1 amide bonds. The summed E-state index contributed by atoms with van der Waals surface area (Å²) in [6.07, 6.45) is 6.69. The Morgan fingerprint density at radius 3 is 2.53 bits per heavy atom. The molecule has 11 heteroatoms. The molecule has 0 fully saturated rings. The number of amides is 1. The largest absolute Gasteiger partial charge is 0.457 e. The number of pyridine rings is 2. The van der Waals surface area contributed by atoms with Crippen molar-refractivity contribution in [2.24, 2.45) is 19.8 Å². The molecule has 4 heterocycles. The second-order valence-electron chi connectivity index (χ2n) is 9.14. The fourth-order valence-electron chi connectivity index (χ4n) is 4.04. The lowest BCUT2D eigenvalue weighted by Gasteiger charge is -2.14. The number of ether oxygens (including phenoxy) is 1. The lowest BCUT2D eigenvalue weighted by atomic mass is 10.0. The number of benzene rings is 1. The first-order chi connectivity index (χ1) is 18.2. The molecule has 0 aliphatic rings. The zero-order chi connectivity index (χ0) is 27.0. The molecular weight excluding hydrogens is 484 g/mol. The summed E-state index contributed by atoms with van der Waals surface area (Å²) < 4.78 is 9.18. The minimum atomic E-state index is -0.651. The third kappa shape index (κ3) is 4.81. The van der Waals surface area contributed by atoms with Gasteiger partial charge in [0.25, 0.3) is 5.56 Å². The topological polar surface area (TPSA) is 143 Å². The van der Waals surface area contributed by atoms with E-state index in [0.29, 0.717) is 39.7 Å². The number of fused-ring (bicyclic) bond motifs is 1. The Bertz CT molecular complexity index is 1740. The normalized spacial score (nSPS) is 11.2. The minimum Gasteiger partial charge on any atom is -0.457 e. The Hall–Kier alpha value is -5.06. The lowest BCUT2D eigenvalue weighted by Crippen LogP contribution is -2.26. The number of hydrogen-bond acceptors (Lipinski definition) is 8. The van der Waals surface area contributed by atoms with Gasteiger partial charge in [-0.1, -0.05) is 0 Å². The van der Waals surface area contributed by atoms with Crippen molar-refractivity contribution >= 4 is 22.8 Å². The van der Waals surface area contributed by atoms with E-state index in [-0.39, 0.29) is 22.7 Å². The average Bonchev–Trinajstić information content (AvgIpc) is 3.32. The maximum Gasteiger partial charge on any atom is 0.264 e. The lowest BCUT2D eigenvalue weighted by molar-refractivity contribution is 0.100. The van der Waals surface area contributed by atoms with Crippen LogP contribution in [0, 0.1) is 0 Å². The van der Waals surface area contributed by atoms with Crippen molar-refractivity contribution in [2.75, 3.05) is 5.32 Å². The van der Waals surface area contributed by atoms with Crippen LogP contribution in [-0.2, 0) is 14.1 Å². The quantitative estimate of drug-likeness (QED) is 0.339. The zero-order valence-corrected chi connectivity index (χ0v) is 21.3. The van der Waals surface area contributed by atoms with Gasteiger partial charge in [0.15, 0.2) is 0 Å². The van der Waals surface area contributed by atoms with E-state index in [1.807, 2.05) is 27.1 Å². The molecule has 0 radical (unpaired) electrons. The van der Waals surface area contributed by atoms with Crippen molar-refractivity contribution in [3.8, 4) is 34.0 Å². The molecule has 5 aromatic rings. The molecule has 38 heavy (non-hydrogen) atoms. The Kier molecular flexibility index (Phi) is 6.33. The van der Waals surface area contributed by atoms with Gasteiger partial charge in [0.1, 0.15) is 11.5 Å². The summed E-state index contributed by atoms with van der Waals surface area (Å²) >= 11 is 0. The predicted octanol–water partition coefficient (Wildman–Crippen LogP) is 3.50. The highest BCUT2D eigenvalue weighted by molar-refractivity contribution is 6.06. The van der Waals surface area contributed by atoms with Crippen LogP contribution in [0.2, 0.25) is 0 Å². The van der Waals surface area contributed by atoms with E-state index in [9.17, 15) is 9.59 Å². The highest BCUT2D eigenvalue weighted by Crippen LogP contribution is 2.30. The molecule has 0 unspecified atom stereocenters. The highest BCUT2D eigenvalue weighted by Gasteiger charge is 2.17. The molecule has 192 valence electrons. The van der Waals surface area contributed by atoms with Gasteiger partial charge in [-0.25, -0.2) is 9.97 Å². The Balaban J connectivity index is 1.52. The third-order valence-corrected chi connectivity index (χ3v) is 5.88. The van der Waals surface area contributed by atoms with Crippen LogP contribution in [0.3, 0.4) is 0 Å². The summed E-state index contributed by atoms with van der Waals surface area (Å²) in [5, 5.41) is 7.81. The smallest absolute Gasteiger partial charge is 0.264 e. The first-order valence-electron chi connectivity index (χ1n) is 11.9. The van der Waals surface area contributed by atoms with E-state index < -0.39 is 5.91 Å². The van der Waals surface area contributed by atoms with Gasteiger partial charge in [-0.15, -0.1) is 0 Å². The standard InChI is InChI=1S/C27H26N8O3/c1-15(2)32-27-30-13-21(26(37)35(27)4)24-11-20(25(28)36)19-9-17(5-6-22(19)33-24)38-18-7-8-29-23(10-18)16-12-31-34(3)14-16/h5-15H,1-4H3,(H2,28,36)(H,30,32). The first-order valence-corrected chi connectivity index (χ1v) is 11.9. The first kappa shape index (κ1) is 24.6. The van der Waals surface area contributed by atoms with Gasteiger partial charge >= 0.3 is 0 Å². The molecule has 3 N–H and O–H groups in total. The maximum atomic E-state index is 13.1. The number of anilines is 1. The summed E-state index contributed by atoms with van der Waals surface area (Å²) in [7, 11) is 3.46. The summed E-state index contributed by atoms with van der Waals surface area (Å²) in [5.41, 5.74) is 8.27.